The molecule has 0 unspecified atom stereocenters. The Kier molecular flexibility index (Phi) is 8.59. The predicted octanol–water partition coefficient (Wildman–Crippen LogP) is 3.11. The second-order valence-electron chi connectivity index (χ2n) is 8.65. The van der Waals surface area contributed by atoms with Crippen molar-refractivity contribution in [1.29, 1.82) is 0 Å². The van der Waals surface area contributed by atoms with Crippen molar-refractivity contribution in [1.82, 2.24) is 15.5 Å². The van der Waals surface area contributed by atoms with Crippen LogP contribution in [0.2, 0.25) is 0 Å². The molecule has 0 amide bonds. The molecule has 0 bridgehead atoms. The molecular weight excluding hydrogens is 356 g/mol. The van der Waals surface area contributed by atoms with Gasteiger partial charge in [0.2, 0.25) is 0 Å². The molecular formula is C21H40N4OS. The van der Waals surface area contributed by atoms with Gasteiger partial charge in [0.1, 0.15) is 0 Å². The lowest BCUT2D eigenvalue weighted by molar-refractivity contribution is 0.0782. The first-order valence-corrected chi connectivity index (χ1v) is 12.3. The zero-order valence-electron chi connectivity index (χ0n) is 17.5. The Morgan fingerprint density at radius 2 is 1.81 bits per heavy atom. The zero-order valence-corrected chi connectivity index (χ0v) is 18.3. The third-order valence-corrected chi connectivity index (χ3v) is 8.23. The molecule has 1 saturated carbocycles. The third kappa shape index (κ3) is 6.53. The average molecular weight is 397 g/mol. The van der Waals surface area contributed by atoms with E-state index in [0.29, 0.717) is 10.8 Å². The molecule has 3 aliphatic rings. The van der Waals surface area contributed by atoms with E-state index in [1.807, 2.05) is 18.8 Å². The van der Waals surface area contributed by atoms with Crippen LogP contribution in [0.25, 0.3) is 0 Å². The molecule has 3 rings (SSSR count). The van der Waals surface area contributed by atoms with Gasteiger partial charge in [0.25, 0.3) is 0 Å². The molecule has 0 spiro atoms. The van der Waals surface area contributed by atoms with Gasteiger partial charge < -0.3 is 20.3 Å². The summed E-state index contributed by atoms with van der Waals surface area (Å²) in [4.78, 5) is 7.19. The topological polar surface area (TPSA) is 48.9 Å². The number of aliphatic imine (C=N–C) groups is 1. The van der Waals surface area contributed by atoms with Gasteiger partial charge in [0.05, 0.1) is 0 Å². The number of nitrogens with zero attached hydrogens (tertiary/aromatic N) is 2. The highest BCUT2D eigenvalue weighted by molar-refractivity contribution is 8.00. The highest BCUT2D eigenvalue weighted by Crippen LogP contribution is 2.33. The highest BCUT2D eigenvalue weighted by Gasteiger charge is 2.32. The first-order chi connectivity index (χ1) is 13.2. The second kappa shape index (κ2) is 10.9. The number of ether oxygens (including phenoxy) is 1. The van der Waals surface area contributed by atoms with E-state index in [4.69, 9.17) is 4.74 Å². The Morgan fingerprint density at radius 1 is 1.11 bits per heavy atom. The van der Waals surface area contributed by atoms with Gasteiger partial charge in [-0.2, -0.15) is 11.8 Å². The van der Waals surface area contributed by atoms with Crippen LogP contribution < -0.4 is 10.6 Å². The van der Waals surface area contributed by atoms with Crippen LogP contribution >= 0.6 is 11.8 Å². The van der Waals surface area contributed by atoms with E-state index in [1.165, 1.54) is 64.6 Å². The summed E-state index contributed by atoms with van der Waals surface area (Å²) < 4.78 is 5.84. The quantitative estimate of drug-likeness (QED) is 0.534. The molecule has 0 aromatic heterocycles. The number of likely N-dealkylation sites (tertiary alicyclic amines) is 1. The van der Waals surface area contributed by atoms with Crippen molar-refractivity contribution in [2.45, 2.75) is 68.6 Å². The van der Waals surface area contributed by atoms with Gasteiger partial charge in [-0.15, -0.1) is 0 Å². The van der Waals surface area contributed by atoms with Crippen LogP contribution in [-0.4, -0.2) is 74.3 Å². The summed E-state index contributed by atoms with van der Waals surface area (Å²) in [6, 6.07) is 0.554. The largest absolute Gasteiger partial charge is 0.381 e. The predicted molar refractivity (Wildman–Crippen MR) is 117 cm³/mol. The van der Waals surface area contributed by atoms with Crippen LogP contribution in [0.15, 0.2) is 4.99 Å². The minimum atomic E-state index is 0.291. The van der Waals surface area contributed by atoms with Crippen LogP contribution in [0.3, 0.4) is 0 Å². The molecule has 0 aromatic rings. The Balaban J connectivity index is 1.37. The van der Waals surface area contributed by atoms with E-state index in [9.17, 15) is 0 Å². The van der Waals surface area contributed by atoms with Crippen LogP contribution in [-0.2, 0) is 4.74 Å². The summed E-state index contributed by atoms with van der Waals surface area (Å²) in [7, 11) is 1.89. The van der Waals surface area contributed by atoms with Crippen molar-refractivity contribution in [3.63, 3.8) is 0 Å². The first-order valence-electron chi connectivity index (χ1n) is 11.1. The van der Waals surface area contributed by atoms with E-state index in [1.54, 1.807) is 0 Å². The third-order valence-electron chi connectivity index (χ3n) is 6.81. The molecule has 0 radical (unpaired) electrons. The van der Waals surface area contributed by atoms with E-state index in [0.717, 1.165) is 44.5 Å². The SMILES string of the molecule is CN=C(NCC1(SC)CCOCC1)NC1CCN(CC2CCCCC2)CC1. The van der Waals surface area contributed by atoms with Gasteiger partial charge in [0.15, 0.2) is 5.96 Å². The molecule has 156 valence electrons. The van der Waals surface area contributed by atoms with Gasteiger partial charge in [-0.3, -0.25) is 4.99 Å². The Bertz CT molecular complexity index is 453. The normalized spacial score (nSPS) is 26.1. The lowest BCUT2D eigenvalue weighted by atomic mass is 9.88. The second-order valence-corrected chi connectivity index (χ2v) is 9.92. The highest BCUT2D eigenvalue weighted by atomic mass is 32.2. The van der Waals surface area contributed by atoms with Crippen molar-refractivity contribution in [2.75, 3.05) is 52.7 Å². The van der Waals surface area contributed by atoms with Crippen molar-refractivity contribution >= 4 is 17.7 Å². The summed E-state index contributed by atoms with van der Waals surface area (Å²) in [6.45, 7) is 6.53. The molecule has 0 atom stereocenters. The molecule has 27 heavy (non-hydrogen) atoms. The summed E-state index contributed by atoms with van der Waals surface area (Å²) in [5.74, 6) is 1.93. The first kappa shape index (κ1) is 21.3. The van der Waals surface area contributed by atoms with Crippen molar-refractivity contribution in [3.05, 3.63) is 0 Å². The number of thioether (sulfide) groups is 1. The van der Waals surface area contributed by atoms with Gasteiger partial charge in [-0.05, 0) is 50.7 Å². The monoisotopic (exact) mass is 396 g/mol. The molecule has 2 aliphatic heterocycles. The Hall–Kier alpha value is -0.460. The molecule has 5 nitrogen and oxygen atoms in total. The smallest absolute Gasteiger partial charge is 0.191 e. The number of piperidine rings is 1. The fourth-order valence-corrected chi connectivity index (χ4v) is 5.62. The Morgan fingerprint density at radius 3 is 2.44 bits per heavy atom. The summed E-state index contributed by atoms with van der Waals surface area (Å²) >= 11 is 1.98. The molecule has 2 saturated heterocycles. The van der Waals surface area contributed by atoms with Crippen LogP contribution in [0.4, 0.5) is 0 Å². The van der Waals surface area contributed by atoms with E-state index >= 15 is 0 Å². The lowest BCUT2D eigenvalue weighted by Gasteiger charge is -2.37. The maximum Gasteiger partial charge on any atom is 0.191 e. The van der Waals surface area contributed by atoms with Crippen LogP contribution in [0.5, 0.6) is 0 Å². The molecule has 2 N–H and O–H groups in total. The van der Waals surface area contributed by atoms with Gasteiger partial charge in [-0.1, -0.05) is 19.3 Å². The van der Waals surface area contributed by atoms with Gasteiger partial charge in [0, 0.05) is 57.2 Å². The van der Waals surface area contributed by atoms with Crippen molar-refractivity contribution in [2.24, 2.45) is 10.9 Å². The van der Waals surface area contributed by atoms with Gasteiger partial charge in [-0.25, -0.2) is 0 Å². The molecule has 0 aromatic carbocycles. The maximum atomic E-state index is 5.55. The van der Waals surface area contributed by atoms with E-state index in [2.05, 4.69) is 26.8 Å². The van der Waals surface area contributed by atoms with Crippen molar-refractivity contribution in [3.8, 4) is 0 Å². The molecule has 1 aliphatic carbocycles. The summed E-state index contributed by atoms with van der Waals surface area (Å²) in [5.41, 5.74) is 0. The van der Waals surface area contributed by atoms with Crippen LogP contribution in [0.1, 0.15) is 57.8 Å². The molecule has 3 fully saturated rings. The number of nitrogens with one attached hydrogen (secondary N) is 2. The minimum Gasteiger partial charge on any atom is -0.381 e. The Labute approximate surface area is 170 Å². The fraction of sp³-hybridized carbons (Fsp3) is 0.952. The lowest BCUT2D eigenvalue weighted by Crippen LogP contribution is -2.52. The summed E-state index contributed by atoms with van der Waals surface area (Å²) in [5, 5.41) is 7.29. The number of rotatable bonds is 6. The van der Waals surface area contributed by atoms with Crippen LogP contribution in [0, 0.1) is 5.92 Å². The van der Waals surface area contributed by atoms with Crippen molar-refractivity contribution < 1.29 is 4.74 Å². The number of guanidine groups is 1. The van der Waals surface area contributed by atoms with E-state index in [-0.39, 0.29) is 0 Å². The van der Waals surface area contributed by atoms with Gasteiger partial charge >= 0.3 is 0 Å². The zero-order chi connectivity index (χ0) is 19.0. The standard InChI is InChI=1S/C21H40N4OS/c1-22-20(23-17-21(27-2)10-14-26-15-11-21)24-19-8-12-25(13-9-19)16-18-6-4-3-5-7-18/h18-19H,3-17H2,1-2H3,(H2,22,23,24). The summed E-state index contributed by atoms with van der Waals surface area (Å²) in [6.07, 6.45) is 14.2. The molecule has 6 heteroatoms. The molecule has 2 heterocycles. The average Bonchev–Trinajstić information content (AvgIpc) is 2.74. The number of hydrogen-bond donors (Lipinski definition) is 2. The maximum absolute atomic E-state index is 5.55. The minimum absolute atomic E-state index is 0.291. The fourth-order valence-electron chi connectivity index (χ4n) is 4.82. The van der Waals surface area contributed by atoms with E-state index < -0.39 is 0 Å². The number of hydrogen-bond acceptors (Lipinski definition) is 4.